The van der Waals surface area contributed by atoms with E-state index in [4.69, 9.17) is 14.9 Å². The first-order chi connectivity index (χ1) is 12.7. The van der Waals surface area contributed by atoms with Gasteiger partial charge in [-0.2, -0.15) is 0 Å². The first-order valence-electron chi connectivity index (χ1n) is 8.63. The summed E-state index contributed by atoms with van der Waals surface area (Å²) in [5.74, 6) is -0.762. The van der Waals surface area contributed by atoms with Gasteiger partial charge in [-0.05, 0) is 25.5 Å². The Morgan fingerprint density at radius 3 is 2.14 bits per heavy atom. The first-order valence-corrected chi connectivity index (χ1v) is 8.63. The molecule has 0 atom stereocenters. The van der Waals surface area contributed by atoms with E-state index >= 15 is 0 Å². The normalized spacial score (nSPS) is 9.89. The molecule has 0 saturated heterocycles. The maximum Gasteiger partial charge on any atom is 2.00 e. The predicted molar refractivity (Wildman–Crippen MR) is 114 cm³/mol. The van der Waals surface area contributed by atoms with E-state index in [-0.39, 0.29) is 46.5 Å². The van der Waals surface area contributed by atoms with E-state index < -0.39 is 5.97 Å². The summed E-state index contributed by atoms with van der Waals surface area (Å²) < 4.78 is 2.03. The fourth-order valence-electron chi connectivity index (χ4n) is 2.61. The summed E-state index contributed by atoms with van der Waals surface area (Å²) in [7, 11) is 3.56. The van der Waals surface area contributed by atoms with Crippen molar-refractivity contribution in [3.63, 3.8) is 0 Å². The Morgan fingerprint density at radius 2 is 1.61 bits per heavy atom. The third kappa shape index (κ3) is 6.33. The van der Waals surface area contributed by atoms with E-state index in [1.54, 1.807) is 19.0 Å². The smallest absolute Gasteiger partial charge is 1.00 e. The molecule has 0 aliphatic rings. The number of hydrogen-bond acceptors (Lipinski definition) is 3. The molecular weight excluding hydrogens is 382 g/mol. The molecule has 7 heteroatoms. The molecular formula is C21H27CaN3O3. The zero-order valence-corrected chi connectivity index (χ0v) is 19.3. The second-order valence-corrected chi connectivity index (χ2v) is 6.69. The van der Waals surface area contributed by atoms with Gasteiger partial charge in [0.2, 0.25) is 5.91 Å². The summed E-state index contributed by atoms with van der Waals surface area (Å²) in [6.07, 6.45) is 2.37. The van der Waals surface area contributed by atoms with Crippen LogP contribution in [0.15, 0.2) is 42.6 Å². The van der Waals surface area contributed by atoms with Gasteiger partial charge >= 0.3 is 37.7 Å². The number of fused-ring (bicyclic) bond motifs is 1. The molecule has 0 bridgehead atoms. The van der Waals surface area contributed by atoms with Crippen LogP contribution in [-0.4, -0.2) is 83.1 Å². The Hall–Kier alpha value is -1.89. The van der Waals surface area contributed by atoms with Crippen molar-refractivity contribution >= 4 is 55.3 Å². The third-order valence-corrected chi connectivity index (χ3v) is 4.01. The number of aryl methyl sites for hydroxylation is 2. The van der Waals surface area contributed by atoms with E-state index in [9.17, 15) is 4.79 Å². The number of benzene rings is 1. The summed E-state index contributed by atoms with van der Waals surface area (Å²) in [6.45, 7) is 5.19. The van der Waals surface area contributed by atoms with Crippen molar-refractivity contribution in [1.29, 1.82) is 0 Å². The van der Waals surface area contributed by atoms with E-state index in [0.29, 0.717) is 6.42 Å². The molecule has 28 heavy (non-hydrogen) atoms. The molecule has 3 rings (SSSR count). The Balaban J connectivity index is 0. The van der Waals surface area contributed by atoms with Gasteiger partial charge in [0.25, 0.3) is 5.97 Å². The van der Waals surface area contributed by atoms with Crippen molar-refractivity contribution in [2.45, 2.75) is 27.2 Å². The number of carboxylic acid groups (broad SMARTS) is 1. The second-order valence-electron chi connectivity index (χ2n) is 6.69. The van der Waals surface area contributed by atoms with Crippen molar-refractivity contribution in [3.05, 3.63) is 59.4 Å². The average Bonchev–Trinajstić information content (AvgIpc) is 2.93. The predicted octanol–water partition coefficient (Wildman–Crippen LogP) is 3.18. The molecule has 2 heterocycles. The van der Waals surface area contributed by atoms with E-state index in [2.05, 4.69) is 31.2 Å². The Morgan fingerprint density at radius 1 is 1.07 bits per heavy atom. The minimum atomic E-state index is -0.833. The number of aliphatic carboxylic acids is 1. The van der Waals surface area contributed by atoms with Gasteiger partial charge in [-0.15, -0.1) is 0 Å². The molecule has 6 nitrogen and oxygen atoms in total. The largest absolute Gasteiger partial charge is 2.00 e. The first kappa shape index (κ1) is 24.1. The van der Waals surface area contributed by atoms with Crippen LogP contribution < -0.4 is 0 Å². The number of hydrogen-bond donors (Lipinski definition) is 1. The summed E-state index contributed by atoms with van der Waals surface area (Å²) in [6, 6.07) is 12.3. The SMILES string of the molecule is CC(=O)O.Cc1ccc(-c2nc3ccc(C)cn3c2CC(=O)N(C)C)cc1.[Ca+2].[H-].[H-]. The van der Waals surface area contributed by atoms with Crippen LogP contribution in [0, 0.1) is 13.8 Å². The number of aromatic nitrogens is 2. The van der Waals surface area contributed by atoms with Crippen LogP contribution in [0.5, 0.6) is 0 Å². The van der Waals surface area contributed by atoms with Crippen molar-refractivity contribution in [3.8, 4) is 11.3 Å². The summed E-state index contributed by atoms with van der Waals surface area (Å²) in [5, 5.41) is 7.42. The molecule has 1 aromatic carbocycles. The average molecular weight is 410 g/mol. The Kier molecular flexibility index (Phi) is 9.14. The summed E-state index contributed by atoms with van der Waals surface area (Å²) in [4.78, 5) is 27.6. The molecule has 1 amide bonds. The molecule has 0 aliphatic carbocycles. The Labute approximate surface area is 198 Å². The van der Waals surface area contributed by atoms with E-state index in [1.165, 1.54) is 5.56 Å². The number of nitrogens with zero attached hydrogens (tertiary/aromatic N) is 3. The molecule has 146 valence electrons. The number of likely N-dealkylation sites (N-methyl/N-ethyl adjacent to an activating group) is 1. The topological polar surface area (TPSA) is 74.9 Å². The van der Waals surface area contributed by atoms with Gasteiger partial charge in [0.15, 0.2) is 0 Å². The summed E-state index contributed by atoms with van der Waals surface area (Å²) in [5.41, 5.74) is 6.08. The van der Waals surface area contributed by atoms with Gasteiger partial charge in [-0.1, -0.05) is 35.9 Å². The zero-order chi connectivity index (χ0) is 20.1. The van der Waals surface area contributed by atoms with Crippen LogP contribution in [0.1, 0.15) is 26.6 Å². The van der Waals surface area contributed by atoms with Crippen LogP contribution in [-0.2, 0) is 16.0 Å². The fraction of sp³-hybridized carbons (Fsp3) is 0.286. The van der Waals surface area contributed by atoms with Crippen molar-refractivity contribution in [1.82, 2.24) is 14.3 Å². The number of rotatable bonds is 3. The van der Waals surface area contributed by atoms with Gasteiger partial charge in [0.05, 0.1) is 17.8 Å². The fourth-order valence-corrected chi connectivity index (χ4v) is 2.61. The standard InChI is InChI=1S/C19H21N3O.C2H4O2.Ca.2H/c1-13-5-8-15(9-6-13)19-16(11-18(23)21(3)4)22-12-14(2)7-10-17(22)20-19;1-2(3)4;;;/h5-10,12H,11H2,1-4H3;1H3,(H,3,4);;;/q;;+2;2*-1. The van der Waals surface area contributed by atoms with Crippen LogP contribution in [0.4, 0.5) is 0 Å². The molecule has 0 saturated carbocycles. The molecule has 0 unspecified atom stereocenters. The van der Waals surface area contributed by atoms with Crippen LogP contribution in [0.3, 0.4) is 0 Å². The third-order valence-electron chi connectivity index (χ3n) is 4.01. The molecule has 0 radical (unpaired) electrons. The van der Waals surface area contributed by atoms with Crippen LogP contribution in [0.25, 0.3) is 16.9 Å². The van der Waals surface area contributed by atoms with Crippen LogP contribution >= 0.6 is 0 Å². The maximum absolute atomic E-state index is 12.3. The van der Waals surface area contributed by atoms with Gasteiger partial charge in [-0.25, -0.2) is 4.98 Å². The van der Waals surface area contributed by atoms with Gasteiger partial charge in [-0.3, -0.25) is 9.59 Å². The monoisotopic (exact) mass is 409 g/mol. The Bertz CT molecular complexity index is 970. The minimum Gasteiger partial charge on any atom is -1.00 e. The quantitative estimate of drug-likeness (QED) is 0.674. The number of carbonyl (C=O) groups excluding carboxylic acids is 1. The van der Waals surface area contributed by atoms with Gasteiger partial charge in [0, 0.05) is 32.8 Å². The van der Waals surface area contributed by atoms with Gasteiger partial charge < -0.3 is 17.3 Å². The molecule has 0 spiro atoms. The van der Waals surface area contributed by atoms with Crippen molar-refractivity contribution in [2.24, 2.45) is 0 Å². The molecule has 0 aliphatic heterocycles. The molecule has 0 fully saturated rings. The number of carbonyl (C=O) groups is 2. The maximum atomic E-state index is 12.3. The second kappa shape index (κ2) is 10.6. The van der Waals surface area contributed by atoms with Crippen molar-refractivity contribution < 1.29 is 17.5 Å². The van der Waals surface area contributed by atoms with Crippen molar-refractivity contribution in [2.75, 3.05) is 14.1 Å². The number of amides is 1. The molecule has 2 aromatic heterocycles. The number of carboxylic acids is 1. The molecule has 3 aromatic rings. The molecule has 1 N–H and O–H groups in total. The van der Waals surface area contributed by atoms with E-state index in [1.807, 2.05) is 29.7 Å². The number of pyridine rings is 1. The van der Waals surface area contributed by atoms with Crippen LogP contribution in [0.2, 0.25) is 0 Å². The van der Waals surface area contributed by atoms with Gasteiger partial charge in [0.1, 0.15) is 5.65 Å². The summed E-state index contributed by atoms with van der Waals surface area (Å²) >= 11 is 0. The number of imidazole rings is 1. The zero-order valence-electron chi connectivity index (χ0n) is 19.1. The minimum absolute atomic E-state index is 0. The van der Waals surface area contributed by atoms with E-state index in [0.717, 1.165) is 35.1 Å².